The van der Waals surface area contributed by atoms with Gasteiger partial charge in [0, 0.05) is 71.1 Å². The Labute approximate surface area is 635 Å². The minimum absolute atomic E-state index is 0. The number of carboxylic acids is 8. The van der Waals surface area contributed by atoms with Crippen LogP contribution in [-0.4, -0.2) is 181 Å². The van der Waals surface area contributed by atoms with Gasteiger partial charge in [-0.15, -0.1) is 0 Å². The summed E-state index contributed by atoms with van der Waals surface area (Å²) in [4.78, 5) is 174. The van der Waals surface area contributed by atoms with Crippen LogP contribution in [0.15, 0.2) is 0 Å². The summed E-state index contributed by atoms with van der Waals surface area (Å²) in [7, 11) is -2.55. The summed E-state index contributed by atoms with van der Waals surface area (Å²) in [6.45, 7) is 7.40. The van der Waals surface area contributed by atoms with Crippen LogP contribution < -0.4 is 242 Å². The molecule has 5 amide bonds. The molecule has 10 atom stereocenters. The molecule has 8 N–H and O–H groups in total. The minimum Gasteiger partial charge on any atom is -0.550 e. The number of carbonyl (C=O) groups excluding carboxylic acids is 10. The maximum Gasteiger partial charge on any atom is 1.00 e. The van der Waals surface area contributed by atoms with E-state index in [0.29, 0.717) is 29.4 Å². The van der Waals surface area contributed by atoms with Gasteiger partial charge < -0.3 is 85.6 Å². The molecule has 32 nitrogen and oxygen atoms in total. The van der Waals surface area contributed by atoms with Crippen LogP contribution in [0.25, 0.3) is 0 Å². The van der Waals surface area contributed by atoms with Crippen molar-refractivity contribution in [1.29, 1.82) is 0 Å². The van der Waals surface area contributed by atoms with Crippen molar-refractivity contribution >= 4 is 91.1 Å². The van der Waals surface area contributed by atoms with Crippen LogP contribution in [0.2, 0.25) is 0 Å². The van der Waals surface area contributed by atoms with E-state index >= 15 is 0 Å². The Morgan fingerprint density at radius 1 is 0.630 bits per heavy atom. The third-order valence-corrected chi connectivity index (χ3v) is 12.6. The van der Waals surface area contributed by atoms with Gasteiger partial charge in [0.2, 0.25) is 25.1 Å². The number of ether oxygens (including phenoxy) is 1. The molecule has 2 saturated heterocycles. The molecule has 81 heavy (non-hydrogen) atoms. The Kier molecular flexibility index (Phi) is 55.6. The normalized spacial score (nSPS) is 18.4. The van der Waals surface area contributed by atoms with Crippen LogP contribution in [-0.2, 0) is 86.1 Å². The van der Waals surface area contributed by atoms with Gasteiger partial charge >= 0.3 is 229 Å². The monoisotopic (exact) mass is 1280 g/mol. The molecule has 4 unspecified atom stereocenters. The van der Waals surface area contributed by atoms with Crippen molar-refractivity contribution in [3.8, 4) is 0 Å². The van der Waals surface area contributed by atoms with E-state index in [-0.39, 0.29) is 256 Å². The molecular weight excluding hydrogens is 1220 g/mol. The molecule has 438 valence electrons. The zero-order valence-corrected chi connectivity index (χ0v) is 60.3. The Balaban J connectivity index is -0.000000232. The molecule has 2 heterocycles. The van der Waals surface area contributed by atoms with Crippen LogP contribution in [0.1, 0.15) is 118 Å². The molecule has 2 aliphatic rings. The average Bonchev–Trinajstić information content (AvgIpc) is 3.30. The van der Waals surface area contributed by atoms with Gasteiger partial charge in [-0.1, -0.05) is 13.3 Å². The number of hydroxylamine groups is 4. The summed E-state index contributed by atoms with van der Waals surface area (Å²) in [6.07, 6.45) is -3.67. The standard InChI is InChI=1S/2C12H18N2O7.C12H19O10P.C8H15NO3.4K/c2*1-6-3-4-9(12(19)20)14(21-6)11(18)8(5-10(16)17)13-7(2)15;13-7-22-9(2-4-11(16)17)6-23(20,21)5-8(12(18)19)1-3-10(14)15;1-3-4-6(8(11)12)5-7(10)9-2;;;;/h2*6,8-9H,3-5H2,1-2H3,(H,13,15)(H,16,17)(H,19,20);7-9H,1-6H2,(H,14,15)(H,16,17)(H,18,19)(H,20,21);6H,3-5H2,1-2H3,(H,9,10)(H,11,12);;;;/q;;;;4*+1/p-4/t6-,8+,9+;6-,8-,9-;;;;;;/m10....../s1. The Hall–Kier alpha value is -0.765. The molecule has 0 spiro atoms. The van der Waals surface area contributed by atoms with Crippen molar-refractivity contribution in [2.75, 3.05) is 19.4 Å². The van der Waals surface area contributed by atoms with Gasteiger partial charge in [-0.2, -0.15) is 0 Å². The fourth-order valence-corrected chi connectivity index (χ4v) is 8.99. The molecular formula is C44H66K4N5O27P. The number of aliphatic carboxylic acids is 8. The number of nitrogens with zero attached hydrogens (tertiary/aromatic N) is 2. The van der Waals surface area contributed by atoms with Crippen molar-refractivity contribution in [2.24, 2.45) is 11.8 Å². The van der Waals surface area contributed by atoms with Crippen LogP contribution in [0.5, 0.6) is 0 Å². The van der Waals surface area contributed by atoms with Crippen molar-refractivity contribution in [2.45, 2.75) is 161 Å². The molecule has 2 fully saturated rings. The number of rotatable bonds is 28. The van der Waals surface area contributed by atoms with Crippen molar-refractivity contribution in [3.63, 3.8) is 0 Å². The first-order valence-electron chi connectivity index (χ1n) is 23.5. The average molecular weight is 1280 g/mol. The van der Waals surface area contributed by atoms with Gasteiger partial charge in [-0.3, -0.25) is 62.2 Å². The summed E-state index contributed by atoms with van der Waals surface area (Å²) < 4.78 is 16.7. The number of hydrogen-bond acceptors (Lipinski definition) is 22. The zero-order valence-electron chi connectivity index (χ0n) is 46.9. The predicted molar refractivity (Wildman–Crippen MR) is 245 cm³/mol. The maximum absolute atomic E-state index is 12.2. The van der Waals surface area contributed by atoms with Gasteiger partial charge in [0.15, 0.2) is 0 Å². The second-order valence-corrected chi connectivity index (χ2v) is 19.7. The van der Waals surface area contributed by atoms with Crippen molar-refractivity contribution in [1.82, 2.24) is 26.1 Å². The maximum atomic E-state index is 12.2. The Morgan fingerprint density at radius 3 is 1.31 bits per heavy atom. The van der Waals surface area contributed by atoms with Crippen LogP contribution in [0.4, 0.5) is 0 Å². The van der Waals surface area contributed by atoms with E-state index in [4.69, 9.17) is 30.1 Å². The number of carbonyl (C=O) groups is 14. The van der Waals surface area contributed by atoms with Crippen LogP contribution >= 0.6 is 7.37 Å². The third kappa shape index (κ3) is 42.7. The van der Waals surface area contributed by atoms with Crippen LogP contribution in [0.3, 0.4) is 0 Å². The fraction of sp³-hybridized carbons (Fsp3) is 0.682. The topological polar surface area (TPSA) is 520 Å². The summed E-state index contributed by atoms with van der Waals surface area (Å²) in [5.41, 5.74) is 0. The van der Waals surface area contributed by atoms with E-state index in [1.54, 1.807) is 13.8 Å². The van der Waals surface area contributed by atoms with E-state index in [9.17, 15) is 97.0 Å². The first-order valence-corrected chi connectivity index (χ1v) is 25.5. The second-order valence-electron chi connectivity index (χ2n) is 17.3. The van der Waals surface area contributed by atoms with E-state index in [1.165, 1.54) is 7.05 Å². The number of hydrogen-bond donors (Lipinski definition) is 8. The molecule has 0 saturated carbocycles. The van der Waals surface area contributed by atoms with Gasteiger partial charge in [0.05, 0.1) is 54.2 Å². The zero-order chi connectivity index (χ0) is 59.9. The van der Waals surface area contributed by atoms with E-state index < -0.39 is 165 Å². The van der Waals surface area contributed by atoms with Gasteiger partial charge in [0.1, 0.15) is 18.2 Å². The second kappa shape index (κ2) is 49.2. The summed E-state index contributed by atoms with van der Waals surface area (Å²) in [6, 6.07) is -5.57. The van der Waals surface area contributed by atoms with Crippen LogP contribution in [0, 0.1) is 11.8 Å². The summed E-state index contributed by atoms with van der Waals surface area (Å²) in [5, 5.41) is 86.0. The summed E-state index contributed by atoms with van der Waals surface area (Å²) in [5.74, 6) is -16.1. The largest absolute Gasteiger partial charge is 1.00 e. The fourth-order valence-electron chi connectivity index (χ4n) is 6.91. The van der Waals surface area contributed by atoms with Gasteiger partial charge in [0.25, 0.3) is 18.3 Å². The quantitative estimate of drug-likeness (QED) is 0.0205. The molecule has 0 aromatic heterocycles. The number of amides is 5. The van der Waals surface area contributed by atoms with E-state index in [1.807, 2.05) is 6.92 Å². The molecule has 37 heteroatoms. The molecule has 2 aliphatic heterocycles. The van der Waals surface area contributed by atoms with Gasteiger partial charge in [-0.05, 0) is 58.8 Å². The Morgan fingerprint density at radius 2 is 1.01 bits per heavy atom. The van der Waals surface area contributed by atoms with Crippen molar-refractivity contribution in [3.05, 3.63) is 0 Å². The first kappa shape index (κ1) is 91.4. The summed E-state index contributed by atoms with van der Waals surface area (Å²) >= 11 is 0. The smallest absolute Gasteiger partial charge is 0.550 e. The first-order chi connectivity index (χ1) is 35.6. The molecule has 0 bridgehead atoms. The van der Waals surface area contributed by atoms with Gasteiger partial charge in [-0.25, -0.2) is 10.1 Å². The van der Waals surface area contributed by atoms with Crippen molar-refractivity contribution < 1.29 is 337 Å². The molecule has 0 aromatic rings. The minimum atomic E-state index is -4.06. The van der Waals surface area contributed by atoms with E-state index in [0.717, 1.165) is 20.3 Å². The SMILES string of the molecule is CC(=O)N[C@@H](CC(=O)[O-])C(=O)N1O[C@@H](C)CC[C@H]1C(=O)[O-].CC(=O)N[C@@H](CC(=O)[O-])C(=O)N1O[C@H](C)CC[C@H]1C(=O)[O-].CCCC(CC(=O)NC)C(=O)O.O=COC(CCC(=O)O)CP(=O)(O)CC(CCC(=O)O)C(=O)O.[K+].[K+].[K+].[K+]. The molecule has 2 rings (SSSR count). The Bertz CT molecular complexity index is 2030. The van der Waals surface area contributed by atoms with E-state index in [2.05, 4.69) is 20.7 Å². The number of carboxylic acid groups (broad SMARTS) is 8. The molecule has 0 aliphatic carbocycles. The predicted octanol–water partition coefficient (Wildman–Crippen LogP) is -17.7. The molecule has 0 radical (unpaired) electrons. The molecule has 0 aromatic carbocycles. The third-order valence-electron chi connectivity index (χ3n) is 10.6. The number of nitrogens with one attached hydrogen (secondary N) is 3.